The Morgan fingerprint density at radius 3 is 2.82 bits per heavy atom. The molecule has 4 nitrogen and oxygen atoms in total. The van der Waals surface area contributed by atoms with E-state index in [-0.39, 0.29) is 6.03 Å². The van der Waals surface area contributed by atoms with Gasteiger partial charge in [-0.2, -0.15) is 0 Å². The van der Waals surface area contributed by atoms with Crippen molar-refractivity contribution in [2.45, 2.75) is 33.1 Å². The SMILES string of the molecule is Cc1cc(C)nc(NC(=O)N2CCCCc3ccccc32)c1. The van der Waals surface area contributed by atoms with Crippen LogP contribution in [0.2, 0.25) is 0 Å². The van der Waals surface area contributed by atoms with E-state index in [2.05, 4.69) is 16.4 Å². The third kappa shape index (κ3) is 3.11. The van der Waals surface area contributed by atoms with Gasteiger partial charge in [0.1, 0.15) is 5.82 Å². The van der Waals surface area contributed by atoms with Gasteiger partial charge in [0.25, 0.3) is 0 Å². The minimum absolute atomic E-state index is 0.105. The molecule has 0 atom stereocenters. The normalized spacial score (nSPS) is 14.2. The molecule has 0 radical (unpaired) electrons. The number of amides is 2. The number of hydrogen-bond donors (Lipinski definition) is 1. The molecule has 22 heavy (non-hydrogen) atoms. The first-order valence-corrected chi connectivity index (χ1v) is 7.75. The number of urea groups is 1. The zero-order chi connectivity index (χ0) is 15.5. The summed E-state index contributed by atoms with van der Waals surface area (Å²) in [7, 11) is 0. The van der Waals surface area contributed by atoms with Gasteiger partial charge in [-0.15, -0.1) is 0 Å². The van der Waals surface area contributed by atoms with Crippen LogP contribution < -0.4 is 10.2 Å². The lowest BCUT2D eigenvalue weighted by molar-refractivity contribution is 0.257. The van der Waals surface area contributed by atoms with Crippen molar-refractivity contribution < 1.29 is 4.79 Å². The van der Waals surface area contributed by atoms with Crippen LogP contribution in [-0.4, -0.2) is 17.6 Å². The van der Waals surface area contributed by atoms with E-state index in [9.17, 15) is 4.79 Å². The van der Waals surface area contributed by atoms with Gasteiger partial charge in [-0.1, -0.05) is 18.2 Å². The van der Waals surface area contributed by atoms with Gasteiger partial charge in [0.05, 0.1) is 0 Å². The standard InChI is InChI=1S/C18H21N3O/c1-13-11-14(2)19-17(12-13)20-18(22)21-10-6-5-8-15-7-3-4-9-16(15)21/h3-4,7,9,11-12H,5-6,8,10H2,1-2H3,(H,19,20,22). The Labute approximate surface area is 131 Å². The van der Waals surface area contributed by atoms with Gasteiger partial charge in [0.15, 0.2) is 0 Å². The predicted molar refractivity (Wildman–Crippen MR) is 89.5 cm³/mol. The van der Waals surface area contributed by atoms with Crippen molar-refractivity contribution in [1.82, 2.24) is 4.98 Å². The highest BCUT2D eigenvalue weighted by Gasteiger charge is 2.21. The minimum atomic E-state index is -0.105. The van der Waals surface area contributed by atoms with Crippen LogP contribution in [0.15, 0.2) is 36.4 Å². The van der Waals surface area contributed by atoms with E-state index in [1.54, 1.807) is 0 Å². The fraction of sp³-hybridized carbons (Fsp3) is 0.333. The highest BCUT2D eigenvalue weighted by atomic mass is 16.2. The van der Waals surface area contributed by atoms with Crippen LogP contribution in [0.1, 0.15) is 29.7 Å². The Kier molecular flexibility index (Phi) is 4.09. The Morgan fingerprint density at radius 2 is 2.00 bits per heavy atom. The number of carbonyl (C=O) groups is 1. The lowest BCUT2D eigenvalue weighted by atomic mass is 10.1. The molecule has 0 saturated carbocycles. The highest BCUT2D eigenvalue weighted by molar-refractivity contribution is 6.01. The number of aromatic nitrogens is 1. The summed E-state index contributed by atoms with van der Waals surface area (Å²) < 4.78 is 0. The summed E-state index contributed by atoms with van der Waals surface area (Å²) in [6.45, 7) is 4.68. The van der Waals surface area contributed by atoms with E-state index in [0.717, 1.165) is 42.8 Å². The zero-order valence-corrected chi connectivity index (χ0v) is 13.1. The lowest BCUT2D eigenvalue weighted by Crippen LogP contribution is -2.36. The third-order valence-electron chi connectivity index (χ3n) is 3.94. The number of aryl methyl sites for hydroxylation is 3. The molecule has 1 aliphatic rings. The number of nitrogens with one attached hydrogen (secondary N) is 1. The molecule has 0 saturated heterocycles. The average Bonchev–Trinajstić information content (AvgIpc) is 2.68. The molecule has 1 aliphatic heterocycles. The van der Waals surface area contributed by atoms with E-state index in [4.69, 9.17) is 0 Å². The highest BCUT2D eigenvalue weighted by Crippen LogP contribution is 2.26. The number of para-hydroxylation sites is 1. The first kappa shape index (κ1) is 14.6. The van der Waals surface area contributed by atoms with Crippen LogP contribution in [0, 0.1) is 13.8 Å². The predicted octanol–water partition coefficient (Wildman–Crippen LogP) is 4.07. The largest absolute Gasteiger partial charge is 0.327 e. The molecule has 0 unspecified atom stereocenters. The molecule has 0 fully saturated rings. The van der Waals surface area contributed by atoms with Gasteiger partial charge in [-0.3, -0.25) is 10.2 Å². The fourth-order valence-electron chi connectivity index (χ4n) is 2.98. The lowest BCUT2D eigenvalue weighted by Gasteiger charge is -2.23. The van der Waals surface area contributed by atoms with Gasteiger partial charge in [0.2, 0.25) is 0 Å². The maximum Gasteiger partial charge on any atom is 0.327 e. The van der Waals surface area contributed by atoms with Crippen LogP contribution in [-0.2, 0) is 6.42 Å². The molecule has 3 rings (SSSR count). The van der Waals surface area contributed by atoms with Crippen molar-refractivity contribution >= 4 is 17.5 Å². The molecule has 2 aromatic rings. The number of benzene rings is 1. The van der Waals surface area contributed by atoms with E-state index >= 15 is 0 Å². The molecule has 0 bridgehead atoms. The molecule has 1 aromatic carbocycles. The van der Waals surface area contributed by atoms with Crippen molar-refractivity contribution in [3.05, 3.63) is 53.2 Å². The topological polar surface area (TPSA) is 45.2 Å². The number of anilines is 2. The van der Waals surface area contributed by atoms with Gasteiger partial charge in [0, 0.05) is 17.9 Å². The molecule has 0 spiro atoms. The van der Waals surface area contributed by atoms with Crippen molar-refractivity contribution in [1.29, 1.82) is 0 Å². The van der Waals surface area contributed by atoms with E-state index in [1.807, 2.05) is 49.1 Å². The third-order valence-corrected chi connectivity index (χ3v) is 3.94. The summed E-state index contributed by atoms with van der Waals surface area (Å²) >= 11 is 0. The Morgan fingerprint density at radius 1 is 1.18 bits per heavy atom. The molecular weight excluding hydrogens is 274 g/mol. The molecule has 2 heterocycles. The Bertz CT molecular complexity index is 676. The maximum atomic E-state index is 12.7. The van der Waals surface area contributed by atoms with Gasteiger partial charge in [-0.05, 0) is 62.4 Å². The smallest absolute Gasteiger partial charge is 0.294 e. The number of rotatable bonds is 1. The van der Waals surface area contributed by atoms with Crippen molar-refractivity contribution in [2.24, 2.45) is 0 Å². The molecule has 114 valence electrons. The monoisotopic (exact) mass is 295 g/mol. The summed E-state index contributed by atoms with van der Waals surface area (Å²) in [6, 6.07) is 11.9. The second-order valence-corrected chi connectivity index (χ2v) is 5.84. The summed E-state index contributed by atoms with van der Waals surface area (Å²) in [5.74, 6) is 0.615. The van der Waals surface area contributed by atoms with Gasteiger partial charge >= 0.3 is 6.03 Å². The summed E-state index contributed by atoms with van der Waals surface area (Å²) in [5.41, 5.74) is 4.26. The van der Waals surface area contributed by atoms with Crippen molar-refractivity contribution in [2.75, 3.05) is 16.8 Å². The zero-order valence-electron chi connectivity index (χ0n) is 13.1. The molecule has 4 heteroatoms. The van der Waals surface area contributed by atoms with Crippen molar-refractivity contribution in [3.63, 3.8) is 0 Å². The summed E-state index contributed by atoms with van der Waals surface area (Å²) in [6.07, 6.45) is 3.16. The molecule has 0 aliphatic carbocycles. The molecular formula is C18H21N3O. The van der Waals surface area contributed by atoms with E-state index < -0.39 is 0 Å². The van der Waals surface area contributed by atoms with Crippen molar-refractivity contribution in [3.8, 4) is 0 Å². The first-order chi connectivity index (χ1) is 10.6. The van der Waals surface area contributed by atoms with Crippen LogP contribution in [0.5, 0.6) is 0 Å². The Balaban J connectivity index is 1.85. The van der Waals surface area contributed by atoms with E-state index in [0.29, 0.717) is 5.82 Å². The second-order valence-electron chi connectivity index (χ2n) is 5.84. The van der Waals surface area contributed by atoms with Crippen LogP contribution >= 0.6 is 0 Å². The van der Waals surface area contributed by atoms with Crippen LogP contribution in [0.4, 0.5) is 16.3 Å². The number of nitrogens with zero attached hydrogens (tertiary/aromatic N) is 2. The van der Waals surface area contributed by atoms with Crippen LogP contribution in [0.3, 0.4) is 0 Å². The van der Waals surface area contributed by atoms with Crippen LogP contribution in [0.25, 0.3) is 0 Å². The molecule has 2 amide bonds. The van der Waals surface area contributed by atoms with Gasteiger partial charge < -0.3 is 0 Å². The fourth-order valence-corrected chi connectivity index (χ4v) is 2.98. The quantitative estimate of drug-likeness (QED) is 0.862. The minimum Gasteiger partial charge on any atom is -0.294 e. The molecule has 1 N–H and O–H groups in total. The number of carbonyl (C=O) groups excluding carboxylic acids is 1. The second kappa shape index (κ2) is 6.18. The number of pyridine rings is 1. The molecule has 1 aromatic heterocycles. The Hall–Kier alpha value is -2.36. The first-order valence-electron chi connectivity index (χ1n) is 7.75. The average molecular weight is 295 g/mol. The summed E-state index contributed by atoms with van der Waals surface area (Å²) in [4.78, 5) is 18.9. The summed E-state index contributed by atoms with van der Waals surface area (Å²) in [5, 5.41) is 2.94. The van der Waals surface area contributed by atoms with Gasteiger partial charge in [-0.25, -0.2) is 9.78 Å². The number of hydrogen-bond acceptors (Lipinski definition) is 2. The van der Waals surface area contributed by atoms with E-state index in [1.165, 1.54) is 5.56 Å². The maximum absolute atomic E-state index is 12.7. The number of fused-ring (bicyclic) bond motifs is 1.